The van der Waals surface area contributed by atoms with Gasteiger partial charge >= 0.3 is 0 Å². The number of halogens is 2. The van der Waals surface area contributed by atoms with Crippen molar-refractivity contribution in [3.63, 3.8) is 0 Å². The zero-order valence-electron chi connectivity index (χ0n) is 10.6. The minimum atomic E-state index is -0.617. The second kappa shape index (κ2) is 5.79. The second-order valence-electron chi connectivity index (χ2n) is 4.01. The van der Waals surface area contributed by atoms with Crippen molar-refractivity contribution >= 4 is 28.9 Å². The van der Waals surface area contributed by atoms with E-state index in [1.807, 2.05) is 0 Å². The largest absolute Gasteiger partial charge is 0.494 e. The number of carbonyl (C=O) groups is 1. The van der Waals surface area contributed by atoms with E-state index in [9.17, 15) is 9.18 Å². The predicted octanol–water partition coefficient (Wildman–Crippen LogP) is 3.32. The number of rotatable bonds is 3. The van der Waals surface area contributed by atoms with Crippen LogP contribution in [0.3, 0.4) is 0 Å². The van der Waals surface area contributed by atoms with Gasteiger partial charge in [-0.15, -0.1) is 0 Å². The van der Waals surface area contributed by atoms with E-state index >= 15 is 0 Å². The Hall–Kier alpha value is -2.27. The minimum absolute atomic E-state index is 0.0314. The molecule has 0 heterocycles. The molecule has 0 saturated carbocycles. The third-order valence-corrected chi connectivity index (χ3v) is 2.91. The quantitative estimate of drug-likeness (QED) is 0.854. The highest BCUT2D eigenvalue weighted by molar-refractivity contribution is 6.30. The maximum atomic E-state index is 13.6. The summed E-state index contributed by atoms with van der Waals surface area (Å²) in [6.07, 6.45) is 0. The van der Waals surface area contributed by atoms with Gasteiger partial charge < -0.3 is 15.8 Å². The second-order valence-corrected chi connectivity index (χ2v) is 4.44. The molecule has 0 saturated heterocycles. The average molecular weight is 295 g/mol. The van der Waals surface area contributed by atoms with Gasteiger partial charge in [-0.25, -0.2) is 4.39 Å². The molecule has 1 amide bonds. The molecule has 0 bridgehead atoms. The van der Waals surface area contributed by atoms with Crippen LogP contribution >= 0.6 is 11.6 Å². The normalized spacial score (nSPS) is 10.2. The monoisotopic (exact) mass is 294 g/mol. The molecule has 0 unspecified atom stereocenters. The molecule has 0 atom stereocenters. The third-order valence-electron chi connectivity index (χ3n) is 2.67. The summed E-state index contributed by atoms with van der Waals surface area (Å²) in [5.41, 5.74) is 6.30. The molecular weight excluding hydrogens is 283 g/mol. The van der Waals surface area contributed by atoms with Gasteiger partial charge in [0.05, 0.1) is 24.0 Å². The molecule has 3 N–H and O–H groups in total. The molecule has 4 nitrogen and oxygen atoms in total. The Morgan fingerprint density at radius 1 is 1.35 bits per heavy atom. The number of hydrogen-bond acceptors (Lipinski definition) is 3. The molecule has 104 valence electrons. The van der Waals surface area contributed by atoms with E-state index in [0.29, 0.717) is 5.69 Å². The third kappa shape index (κ3) is 2.83. The standard InChI is InChI=1S/C14H12ClFN2O2/c1-20-13-9(3-2-4-11(13)17)14(19)18-12-6-5-8(15)7-10(12)16/h2-7H,17H2,1H3,(H,18,19). The maximum Gasteiger partial charge on any atom is 0.259 e. The molecule has 0 aliphatic heterocycles. The molecule has 0 aliphatic rings. The first-order valence-corrected chi connectivity index (χ1v) is 6.09. The SMILES string of the molecule is COc1c(N)cccc1C(=O)Nc1ccc(Cl)cc1F. The Balaban J connectivity index is 2.31. The highest BCUT2D eigenvalue weighted by Crippen LogP contribution is 2.27. The van der Waals surface area contributed by atoms with E-state index in [-0.39, 0.29) is 22.0 Å². The highest BCUT2D eigenvalue weighted by atomic mass is 35.5. The van der Waals surface area contributed by atoms with Crippen LogP contribution in [0.25, 0.3) is 0 Å². The fourth-order valence-electron chi connectivity index (χ4n) is 1.74. The van der Waals surface area contributed by atoms with Gasteiger partial charge in [0.1, 0.15) is 5.82 Å². The van der Waals surface area contributed by atoms with Crippen molar-refractivity contribution in [1.82, 2.24) is 0 Å². The van der Waals surface area contributed by atoms with Crippen LogP contribution in [0.4, 0.5) is 15.8 Å². The Morgan fingerprint density at radius 2 is 2.10 bits per heavy atom. The fourth-order valence-corrected chi connectivity index (χ4v) is 1.90. The van der Waals surface area contributed by atoms with E-state index in [1.54, 1.807) is 18.2 Å². The summed E-state index contributed by atoms with van der Waals surface area (Å²) in [6.45, 7) is 0. The molecule has 2 aromatic carbocycles. The van der Waals surface area contributed by atoms with Gasteiger partial charge in [0.15, 0.2) is 5.75 Å². The lowest BCUT2D eigenvalue weighted by Gasteiger charge is -2.11. The highest BCUT2D eigenvalue weighted by Gasteiger charge is 2.16. The average Bonchev–Trinajstić information content (AvgIpc) is 2.41. The number of para-hydroxylation sites is 1. The number of benzene rings is 2. The Kier molecular flexibility index (Phi) is 4.10. The summed E-state index contributed by atoms with van der Waals surface area (Å²) in [5, 5.41) is 2.70. The van der Waals surface area contributed by atoms with E-state index in [2.05, 4.69) is 5.32 Å². The van der Waals surface area contributed by atoms with Gasteiger partial charge in [-0.3, -0.25) is 4.79 Å². The van der Waals surface area contributed by atoms with Crippen LogP contribution in [0.5, 0.6) is 5.75 Å². The van der Waals surface area contributed by atoms with Crippen molar-refractivity contribution in [2.45, 2.75) is 0 Å². The number of ether oxygens (including phenoxy) is 1. The molecule has 0 radical (unpaired) electrons. The van der Waals surface area contributed by atoms with E-state index in [1.165, 1.54) is 19.2 Å². The maximum absolute atomic E-state index is 13.6. The summed E-state index contributed by atoms with van der Waals surface area (Å²) in [4.78, 5) is 12.1. The number of nitrogens with one attached hydrogen (secondary N) is 1. The van der Waals surface area contributed by atoms with Gasteiger partial charge in [-0.1, -0.05) is 17.7 Å². The van der Waals surface area contributed by atoms with Crippen molar-refractivity contribution in [3.05, 3.63) is 52.8 Å². The number of nitrogen functional groups attached to an aromatic ring is 1. The lowest BCUT2D eigenvalue weighted by Crippen LogP contribution is -2.14. The predicted molar refractivity (Wildman–Crippen MR) is 76.8 cm³/mol. The van der Waals surface area contributed by atoms with E-state index in [0.717, 1.165) is 6.07 Å². The number of anilines is 2. The fraction of sp³-hybridized carbons (Fsp3) is 0.0714. The van der Waals surface area contributed by atoms with Crippen LogP contribution < -0.4 is 15.8 Å². The van der Waals surface area contributed by atoms with Gasteiger partial charge in [-0.05, 0) is 30.3 Å². The first kappa shape index (κ1) is 14.1. The van der Waals surface area contributed by atoms with Crippen molar-refractivity contribution in [3.8, 4) is 5.75 Å². The lowest BCUT2D eigenvalue weighted by molar-refractivity contribution is 0.102. The minimum Gasteiger partial charge on any atom is -0.494 e. The van der Waals surface area contributed by atoms with Crippen molar-refractivity contribution in [2.75, 3.05) is 18.2 Å². The zero-order valence-corrected chi connectivity index (χ0v) is 11.4. The molecule has 6 heteroatoms. The van der Waals surface area contributed by atoms with Gasteiger partial charge in [0, 0.05) is 5.02 Å². The molecule has 0 aromatic heterocycles. The molecule has 0 fully saturated rings. The topological polar surface area (TPSA) is 64.3 Å². The van der Waals surface area contributed by atoms with Crippen LogP contribution in [0, 0.1) is 5.82 Å². The summed E-state index contributed by atoms with van der Waals surface area (Å²) in [7, 11) is 1.41. The number of carbonyl (C=O) groups excluding carboxylic acids is 1. The first-order chi connectivity index (χ1) is 9.52. The van der Waals surface area contributed by atoms with Crippen LogP contribution in [0.15, 0.2) is 36.4 Å². The Bertz CT molecular complexity index is 662. The van der Waals surface area contributed by atoms with Crippen LogP contribution in [-0.2, 0) is 0 Å². The number of hydrogen-bond donors (Lipinski definition) is 2. The zero-order chi connectivity index (χ0) is 14.7. The molecule has 2 aromatic rings. The molecule has 20 heavy (non-hydrogen) atoms. The van der Waals surface area contributed by atoms with Gasteiger partial charge in [0.2, 0.25) is 0 Å². The number of methoxy groups -OCH3 is 1. The van der Waals surface area contributed by atoms with Crippen LogP contribution in [0.2, 0.25) is 5.02 Å². The van der Waals surface area contributed by atoms with Crippen molar-refractivity contribution < 1.29 is 13.9 Å². The van der Waals surface area contributed by atoms with Gasteiger partial charge in [0.25, 0.3) is 5.91 Å². The summed E-state index contributed by atoms with van der Waals surface area (Å²) in [6, 6.07) is 8.75. The van der Waals surface area contributed by atoms with Crippen molar-refractivity contribution in [1.29, 1.82) is 0 Å². The summed E-state index contributed by atoms with van der Waals surface area (Å²) in [5.74, 6) is -0.886. The molecule has 0 aliphatic carbocycles. The summed E-state index contributed by atoms with van der Waals surface area (Å²) >= 11 is 5.65. The number of nitrogens with two attached hydrogens (primary N) is 1. The first-order valence-electron chi connectivity index (χ1n) is 5.72. The summed E-state index contributed by atoms with van der Waals surface area (Å²) < 4.78 is 18.7. The Labute approximate surface area is 120 Å². The Morgan fingerprint density at radius 3 is 2.75 bits per heavy atom. The van der Waals surface area contributed by atoms with E-state index in [4.69, 9.17) is 22.1 Å². The van der Waals surface area contributed by atoms with Gasteiger partial charge in [-0.2, -0.15) is 0 Å². The molecule has 2 rings (SSSR count). The van der Waals surface area contributed by atoms with Crippen LogP contribution in [-0.4, -0.2) is 13.0 Å². The van der Waals surface area contributed by atoms with Crippen molar-refractivity contribution in [2.24, 2.45) is 0 Å². The number of amides is 1. The van der Waals surface area contributed by atoms with E-state index < -0.39 is 11.7 Å². The molecular formula is C14H12ClFN2O2. The van der Waals surface area contributed by atoms with Crippen LogP contribution in [0.1, 0.15) is 10.4 Å². The molecule has 0 spiro atoms. The lowest BCUT2D eigenvalue weighted by atomic mass is 10.1. The smallest absolute Gasteiger partial charge is 0.259 e.